The Morgan fingerprint density at radius 2 is 1.70 bits per heavy atom. The number of carbonyl (C=O) groups excluding carboxylic acids is 1. The zero-order valence-corrected chi connectivity index (χ0v) is 15.7. The van der Waals surface area contributed by atoms with E-state index in [0.717, 1.165) is 0 Å². The third-order valence-electron chi connectivity index (χ3n) is 3.63. The van der Waals surface area contributed by atoms with Gasteiger partial charge in [0.05, 0.1) is 6.04 Å². The molecule has 2 aromatic carbocycles. The molecule has 144 valence electrons. The smallest absolute Gasteiger partial charge is 0.434 e. The maximum Gasteiger partial charge on any atom is 0.434 e. The molecule has 0 aliphatic heterocycles. The largest absolute Gasteiger partial charge is 0.442 e. The fourth-order valence-electron chi connectivity index (χ4n) is 2.32. The van der Waals surface area contributed by atoms with E-state index in [1.54, 1.807) is 58.0 Å². The second kappa shape index (κ2) is 8.31. The molecule has 0 aromatic heterocycles. The summed E-state index contributed by atoms with van der Waals surface area (Å²) in [5.41, 5.74) is 1.08. The van der Waals surface area contributed by atoms with Gasteiger partial charge in [0, 0.05) is 0 Å². The van der Waals surface area contributed by atoms with Crippen LogP contribution >= 0.6 is 0 Å². The Bertz CT molecular complexity index is 826. The van der Waals surface area contributed by atoms with Crippen molar-refractivity contribution in [3.63, 3.8) is 0 Å². The number of hydrogen-bond donors (Lipinski definition) is 1. The van der Waals surface area contributed by atoms with Crippen molar-refractivity contribution in [3.05, 3.63) is 65.7 Å². The number of benzene rings is 2. The highest BCUT2D eigenvalue weighted by Crippen LogP contribution is 2.23. The summed E-state index contributed by atoms with van der Waals surface area (Å²) in [6, 6.07) is 9.48. The van der Waals surface area contributed by atoms with Crippen LogP contribution in [0, 0.1) is 11.6 Å². The van der Waals surface area contributed by atoms with E-state index in [2.05, 4.69) is 0 Å². The summed E-state index contributed by atoms with van der Waals surface area (Å²) in [5.74, 6) is -0.814. The van der Waals surface area contributed by atoms with Crippen molar-refractivity contribution in [2.45, 2.75) is 39.3 Å². The molecule has 0 saturated heterocycles. The van der Waals surface area contributed by atoms with E-state index in [9.17, 15) is 18.8 Å². The second-order valence-corrected chi connectivity index (χ2v) is 7.20. The fraction of sp³-hybridized carbons (Fsp3) is 0.286. The molecule has 0 fully saturated rings. The van der Waals surface area contributed by atoms with Gasteiger partial charge in [-0.3, -0.25) is 5.21 Å². The molecule has 6 heteroatoms. The molecule has 1 atom stereocenters. The van der Waals surface area contributed by atoms with Gasteiger partial charge in [0.25, 0.3) is 0 Å². The van der Waals surface area contributed by atoms with Crippen molar-refractivity contribution in [1.82, 2.24) is 5.06 Å². The molecule has 0 radical (unpaired) electrons. The van der Waals surface area contributed by atoms with Gasteiger partial charge in [0.15, 0.2) is 0 Å². The van der Waals surface area contributed by atoms with Crippen LogP contribution in [-0.2, 0) is 4.74 Å². The SMILES string of the molecule is CC(C=Cc1cc(F)cc(-c2ccc(F)cc2)c1)N(O)C(=O)OC(C)(C)C. The van der Waals surface area contributed by atoms with Crippen LogP contribution in [0.3, 0.4) is 0 Å². The van der Waals surface area contributed by atoms with Gasteiger partial charge >= 0.3 is 6.09 Å². The van der Waals surface area contributed by atoms with Crippen LogP contribution < -0.4 is 0 Å². The third kappa shape index (κ3) is 6.18. The number of carbonyl (C=O) groups is 1. The highest BCUT2D eigenvalue weighted by atomic mass is 19.1. The first-order valence-corrected chi connectivity index (χ1v) is 8.51. The van der Waals surface area contributed by atoms with E-state index in [1.165, 1.54) is 24.3 Å². The molecule has 0 bridgehead atoms. The first-order chi connectivity index (χ1) is 12.5. The minimum atomic E-state index is -0.870. The molecule has 4 nitrogen and oxygen atoms in total. The number of nitrogens with zero attached hydrogens (tertiary/aromatic N) is 1. The Hall–Kier alpha value is -2.73. The van der Waals surface area contributed by atoms with Gasteiger partial charge in [-0.05, 0) is 74.7 Å². The molecule has 0 aliphatic carbocycles. The van der Waals surface area contributed by atoms with Gasteiger partial charge in [-0.25, -0.2) is 13.6 Å². The fourth-order valence-corrected chi connectivity index (χ4v) is 2.32. The molecule has 1 amide bonds. The average Bonchev–Trinajstić information content (AvgIpc) is 2.57. The Morgan fingerprint density at radius 1 is 1.07 bits per heavy atom. The minimum Gasteiger partial charge on any atom is -0.442 e. The summed E-state index contributed by atoms with van der Waals surface area (Å²) >= 11 is 0. The Labute approximate surface area is 157 Å². The summed E-state index contributed by atoms with van der Waals surface area (Å²) in [6.07, 6.45) is 2.27. The van der Waals surface area contributed by atoms with E-state index in [4.69, 9.17) is 4.74 Å². The first kappa shape index (κ1) is 20.6. The van der Waals surface area contributed by atoms with E-state index in [-0.39, 0.29) is 5.82 Å². The number of hydroxylamine groups is 2. The van der Waals surface area contributed by atoms with E-state index in [1.807, 2.05) is 0 Å². The van der Waals surface area contributed by atoms with Gasteiger partial charge in [0.2, 0.25) is 0 Å². The monoisotopic (exact) mass is 375 g/mol. The Balaban J connectivity index is 2.16. The lowest BCUT2D eigenvalue weighted by atomic mass is 10.0. The normalized spacial score (nSPS) is 12.9. The molecule has 2 rings (SSSR count). The zero-order valence-electron chi connectivity index (χ0n) is 15.7. The van der Waals surface area contributed by atoms with Crippen LogP contribution in [0.15, 0.2) is 48.5 Å². The highest BCUT2D eigenvalue weighted by Gasteiger charge is 2.23. The van der Waals surface area contributed by atoms with E-state index >= 15 is 0 Å². The van der Waals surface area contributed by atoms with Gasteiger partial charge in [-0.2, -0.15) is 5.06 Å². The van der Waals surface area contributed by atoms with Gasteiger partial charge in [-0.1, -0.05) is 24.3 Å². The van der Waals surface area contributed by atoms with E-state index in [0.29, 0.717) is 21.8 Å². The third-order valence-corrected chi connectivity index (χ3v) is 3.63. The topological polar surface area (TPSA) is 49.8 Å². The molecule has 1 unspecified atom stereocenters. The van der Waals surface area contributed by atoms with Crippen LogP contribution in [0.2, 0.25) is 0 Å². The quantitative estimate of drug-likeness (QED) is 0.554. The van der Waals surface area contributed by atoms with E-state index < -0.39 is 23.6 Å². The van der Waals surface area contributed by atoms with Crippen LogP contribution in [0.5, 0.6) is 0 Å². The first-order valence-electron chi connectivity index (χ1n) is 8.51. The maximum atomic E-state index is 13.9. The van der Waals surface area contributed by atoms with Crippen LogP contribution in [-0.4, -0.2) is 28.0 Å². The standard InChI is InChI=1S/C21H23F2NO3/c1-14(24(26)20(25)27-21(2,3)4)5-6-15-11-17(13-19(23)12-15)16-7-9-18(22)10-8-16/h5-14,26H,1-4H3. The highest BCUT2D eigenvalue weighted by molar-refractivity contribution is 5.69. The lowest BCUT2D eigenvalue weighted by Gasteiger charge is -2.25. The number of halogens is 2. The molecular formula is C21H23F2NO3. The molecule has 0 spiro atoms. The summed E-state index contributed by atoms with van der Waals surface area (Å²) in [4.78, 5) is 11.9. The number of hydrogen-bond acceptors (Lipinski definition) is 3. The molecular weight excluding hydrogens is 352 g/mol. The molecule has 1 N–H and O–H groups in total. The summed E-state index contributed by atoms with van der Waals surface area (Å²) in [7, 11) is 0. The van der Waals surface area contributed by atoms with Crippen molar-refractivity contribution in [3.8, 4) is 11.1 Å². The van der Waals surface area contributed by atoms with Gasteiger partial charge in [0.1, 0.15) is 17.2 Å². The van der Waals surface area contributed by atoms with Crippen LogP contribution in [0.4, 0.5) is 13.6 Å². The number of rotatable bonds is 4. The van der Waals surface area contributed by atoms with Gasteiger partial charge < -0.3 is 4.74 Å². The average molecular weight is 375 g/mol. The van der Waals surface area contributed by atoms with Crippen molar-refractivity contribution in [2.24, 2.45) is 0 Å². The molecule has 0 saturated carbocycles. The molecule has 2 aromatic rings. The van der Waals surface area contributed by atoms with Crippen LogP contribution in [0.1, 0.15) is 33.3 Å². The lowest BCUT2D eigenvalue weighted by molar-refractivity contribution is -0.106. The Kier molecular flexibility index (Phi) is 6.33. The minimum absolute atomic E-state index is 0.366. The summed E-state index contributed by atoms with van der Waals surface area (Å²) < 4.78 is 32.1. The van der Waals surface area contributed by atoms with Crippen molar-refractivity contribution < 1.29 is 23.5 Å². The summed E-state index contributed by atoms with van der Waals surface area (Å²) in [6.45, 7) is 6.69. The number of ether oxygens (including phenoxy) is 1. The van der Waals surface area contributed by atoms with Crippen molar-refractivity contribution in [2.75, 3.05) is 0 Å². The van der Waals surface area contributed by atoms with Crippen molar-refractivity contribution >= 4 is 12.2 Å². The molecule has 27 heavy (non-hydrogen) atoms. The molecule has 0 heterocycles. The predicted molar refractivity (Wildman–Crippen MR) is 100 cm³/mol. The zero-order chi connectivity index (χ0) is 20.2. The molecule has 0 aliphatic rings. The van der Waals surface area contributed by atoms with Gasteiger partial charge in [-0.15, -0.1) is 0 Å². The Morgan fingerprint density at radius 3 is 2.30 bits per heavy atom. The number of amides is 1. The maximum absolute atomic E-state index is 13.9. The predicted octanol–water partition coefficient (Wildman–Crippen LogP) is 5.66. The lowest BCUT2D eigenvalue weighted by Crippen LogP contribution is -2.39. The summed E-state index contributed by atoms with van der Waals surface area (Å²) in [5, 5.41) is 10.4. The second-order valence-electron chi connectivity index (χ2n) is 7.20. The van der Waals surface area contributed by atoms with Crippen molar-refractivity contribution in [1.29, 1.82) is 0 Å². The van der Waals surface area contributed by atoms with Crippen LogP contribution in [0.25, 0.3) is 17.2 Å².